The molecule has 3 N–H and O–H groups in total. The molecule has 0 aliphatic carbocycles. The van der Waals surface area contributed by atoms with E-state index in [2.05, 4.69) is 10.3 Å². The number of sulfone groups is 1. The van der Waals surface area contributed by atoms with Crippen molar-refractivity contribution in [2.45, 2.75) is 23.9 Å². The number of nitrogens with two attached hydrogens (primary N) is 1. The van der Waals surface area contributed by atoms with Crippen LogP contribution in [0.3, 0.4) is 0 Å². The number of benzene rings is 1. The Morgan fingerprint density at radius 3 is 2.91 bits per heavy atom. The summed E-state index contributed by atoms with van der Waals surface area (Å²) in [4.78, 5) is 16.7. The molecule has 1 aromatic carbocycles. The number of fused-ring (bicyclic) bond motifs is 1. The smallest absolute Gasteiger partial charge is 0.271 e. The highest BCUT2D eigenvalue weighted by Gasteiger charge is 2.31. The molecule has 1 unspecified atom stereocenters. The Morgan fingerprint density at radius 2 is 2.18 bits per heavy atom. The number of rotatable bonds is 3. The number of nitrogens with zero attached hydrogens (tertiary/aromatic N) is 1. The summed E-state index contributed by atoms with van der Waals surface area (Å²) in [6, 6.07) is 6.46. The number of carbonyl (C=O) groups excluding carboxylic acids is 1. The second-order valence-corrected chi connectivity index (χ2v) is 8.02. The summed E-state index contributed by atoms with van der Waals surface area (Å²) < 4.78 is 24.2. The van der Waals surface area contributed by atoms with Gasteiger partial charge in [0.25, 0.3) is 5.91 Å². The van der Waals surface area contributed by atoms with Crippen LogP contribution in [0.25, 0.3) is 0 Å². The molecule has 2 heterocycles. The van der Waals surface area contributed by atoms with Crippen molar-refractivity contribution in [2.75, 3.05) is 5.75 Å². The fourth-order valence-electron chi connectivity index (χ4n) is 2.48. The standard InChI is InChI=1S/C14H15N3O3S2/c15-7-13-16-11(8-21-13)14(18)17-10-5-6-22(19,20)12-4-2-1-3-9(10)12/h1-4,8,10H,5-7,15H2,(H,17,18). The maximum atomic E-state index is 12.3. The highest BCUT2D eigenvalue weighted by atomic mass is 32.2. The predicted molar refractivity (Wildman–Crippen MR) is 83.3 cm³/mol. The molecule has 0 spiro atoms. The lowest BCUT2D eigenvalue weighted by atomic mass is 10.0. The third-order valence-electron chi connectivity index (χ3n) is 3.57. The first-order valence-corrected chi connectivity index (χ1v) is 9.31. The van der Waals surface area contributed by atoms with Crippen molar-refractivity contribution in [3.63, 3.8) is 0 Å². The maximum Gasteiger partial charge on any atom is 0.271 e. The lowest BCUT2D eigenvalue weighted by Crippen LogP contribution is -2.34. The predicted octanol–water partition coefficient (Wildman–Crippen LogP) is 1.25. The lowest BCUT2D eigenvalue weighted by molar-refractivity contribution is 0.0930. The van der Waals surface area contributed by atoms with Gasteiger partial charge in [-0.15, -0.1) is 11.3 Å². The SMILES string of the molecule is NCc1nc(C(=O)NC2CCS(=O)(=O)c3ccccc32)cs1. The molecule has 1 aliphatic heterocycles. The van der Waals surface area contributed by atoms with Crippen molar-refractivity contribution in [1.82, 2.24) is 10.3 Å². The molecule has 0 bridgehead atoms. The second kappa shape index (κ2) is 5.79. The van der Waals surface area contributed by atoms with Crippen LogP contribution in [-0.4, -0.2) is 25.1 Å². The van der Waals surface area contributed by atoms with Gasteiger partial charge in [0.15, 0.2) is 9.84 Å². The van der Waals surface area contributed by atoms with E-state index in [0.717, 1.165) is 0 Å². The van der Waals surface area contributed by atoms with Crippen LogP contribution in [0, 0.1) is 0 Å². The topological polar surface area (TPSA) is 102 Å². The van der Waals surface area contributed by atoms with Crippen LogP contribution in [0.4, 0.5) is 0 Å². The summed E-state index contributed by atoms with van der Waals surface area (Å²) >= 11 is 1.33. The van der Waals surface area contributed by atoms with E-state index in [0.29, 0.717) is 34.1 Å². The monoisotopic (exact) mass is 337 g/mol. The van der Waals surface area contributed by atoms with Gasteiger partial charge in [0.1, 0.15) is 10.7 Å². The Labute approximate surface area is 132 Å². The zero-order valence-corrected chi connectivity index (χ0v) is 13.3. The minimum absolute atomic E-state index is 0.0279. The Kier molecular flexibility index (Phi) is 3.98. The molecule has 0 saturated heterocycles. The molecule has 1 amide bonds. The molecule has 1 atom stereocenters. The van der Waals surface area contributed by atoms with Gasteiger partial charge < -0.3 is 11.1 Å². The first-order chi connectivity index (χ1) is 10.5. The van der Waals surface area contributed by atoms with Gasteiger partial charge >= 0.3 is 0 Å². The highest BCUT2D eigenvalue weighted by molar-refractivity contribution is 7.91. The molecule has 6 nitrogen and oxygen atoms in total. The van der Waals surface area contributed by atoms with Gasteiger partial charge in [-0.25, -0.2) is 13.4 Å². The summed E-state index contributed by atoms with van der Waals surface area (Å²) in [7, 11) is -3.26. The number of nitrogens with one attached hydrogen (secondary N) is 1. The number of carbonyl (C=O) groups is 1. The first kappa shape index (κ1) is 15.1. The van der Waals surface area contributed by atoms with Gasteiger partial charge in [0, 0.05) is 11.9 Å². The van der Waals surface area contributed by atoms with E-state index in [1.807, 2.05) is 0 Å². The van der Waals surface area contributed by atoms with Crippen LogP contribution in [0.5, 0.6) is 0 Å². The van der Waals surface area contributed by atoms with Crippen LogP contribution in [0.15, 0.2) is 34.5 Å². The van der Waals surface area contributed by atoms with Crippen molar-refractivity contribution in [2.24, 2.45) is 5.73 Å². The molecule has 2 aromatic rings. The van der Waals surface area contributed by atoms with Gasteiger partial charge in [0.2, 0.25) is 0 Å². The van der Waals surface area contributed by atoms with Crippen molar-refractivity contribution < 1.29 is 13.2 Å². The van der Waals surface area contributed by atoms with Crippen LogP contribution >= 0.6 is 11.3 Å². The fourth-order valence-corrected chi connectivity index (χ4v) is 4.76. The number of aromatic nitrogens is 1. The highest BCUT2D eigenvalue weighted by Crippen LogP contribution is 2.32. The van der Waals surface area contributed by atoms with Crippen molar-refractivity contribution >= 4 is 27.1 Å². The molecule has 1 aliphatic rings. The molecule has 116 valence electrons. The fraction of sp³-hybridized carbons (Fsp3) is 0.286. The molecule has 22 heavy (non-hydrogen) atoms. The van der Waals surface area contributed by atoms with Crippen molar-refractivity contribution in [3.8, 4) is 0 Å². The van der Waals surface area contributed by atoms with Crippen LogP contribution < -0.4 is 11.1 Å². The van der Waals surface area contributed by atoms with Crippen molar-refractivity contribution in [1.29, 1.82) is 0 Å². The molecule has 3 rings (SSSR count). The Morgan fingerprint density at radius 1 is 1.41 bits per heavy atom. The van der Waals surface area contributed by atoms with E-state index >= 15 is 0 Å². The summed E-state index contributed by atoms with van der Waals surface area (Å²) in [5.74, 6) is -0.282. The molecule has 0 saturated carbocycles. The molecular weight excluding hydrogens is 322 g/mol. The third kappa shape index (κ3) is 2.77. The Hall–Kier alpha value is -1.77. The quantitative estimate of drug-likeness (QED) is 0.877. The summed E-state index contributed by atoms with van der Waals surface area (Å²) in [6.07, 6.45) is 0.360. The van der Waals surface area contributed by atoms with Gasteiger partial charge in [-0.05, 0) is 18.1 Å². The van der Waals surface area contributed by atoms with Crippen LogP contribution in [-0.2, 0) is 16.4 Å². The van der Waals surface area contributed by atoms with Crippen molar-refractivity contribution in [3.05, 3.63) is 45.9 Å². The largest absolute Gasteiger partial charge is 0.344 e. The number of thiazole rings is 1. The van der Waals surface area contributed by atoms with E-state index in [-0.39, 0.29) is 17.7 Å². The summed E-state index contributed by atoms with van der Waals surface area (Å²) in [5.41, 5.74) is 6.44. The summed E-state index contributed by atoms with van der Waals surface area (Å²) in [6.45, 7) is 0.294. The molecule has 8 heteroatoms. The van der Waals surface area contributed by atoms with E-state index in [1.54, 1.807) is 29.6 Å². The molecule has 1 aromatic heterocycles. The third-order valence-corrected chi connectivity index (χ3v) is 6.26. The average Bonchev–Trinajstić information content (AvgIpc) is 2.99. The number of amides is 1. The average molecular weight is 337 g/mol. The first-order valence-electron chi connectivity index (χ1n) is 6.78. The molecule has 0 fully saturated rings. The van der Waals surface area contributed by atoms with E-state index in [9.17, 15) is 13.2 Å². The zero-order chi connectivity index (χ0) is 15.7. The Balaban J connectivity index is 1.86. The van der Waals surface area contributed by atoms with Crippen LogP contribution in [0.1, 0.15) is 33.5 Å². The normalized spacial score (nSPS) is 19.4. The molecular formula is C14H15N3O3S2. The number of hydrogen-bond donors (Lipinski definition) is 2. The minimum Gasteiger partial charge on any atom is -0.344 e. The lowest BCUT2D eigenvalue weighted by Gasteiger charge is -2.25. The van der Waals surface area contributed by atoms with Gasteiger partial charge in [0.05, 0.1) is 16.7 Å². The van der Waals surface area contributed by atoms with Gasteiger partial charge in [-0.1, -0.05) is 18.2 Å². The zero-order valence-electron chi connectivity index (χ0n) is 11.7. The van der Waals surface area contributed by atoms with Gasteiger partial charge in [-0.2, -0.15) is 0 Å². The maximum absolute atomic E-state index is 12.3. The van der Waals surface area contributed by atoms with Gasteiger partial charge in [-0.3, -0.25) is 4.79 Å². The minimum atomic E-state index is -3.26. The van der Waals surface area contributed by atoms with E-state index in [4.69, 9.17) is 5.73 Å². The van der Waals surface area contributed by atoms with E-state index in [1.165, 1.54) is 11.3 Å². The summed E-state index contributed by atoms with van der Waals surface area (Å²) in [5, 5.41) is 5.21. The Bertz CT molecular complexity index is 814. The van der Waals surface area contributed by atoms with E-state index < -0.39 is 9.84 Å². The number of hydrogen-bond acceptors (Lipinski definition) is 6. The second-order valence-electron chi connectivity index (χ2n) is 5.00. The molecule has 0 radical (unpaired) electrons. The van der Waals surface area contributed by atoms with Crippen LogP contribution in [0.2, 0.25) is 0 Å².